The standard InChI is InChI=1S/C14H19NO2.C2HF3O2/c1-11-5-2-3-6-12(11)14(8-4-9-14)15-10-7-13(16)17;3-2(4,5)1(6)7/h2-3,5-6,15H,4,7-10H2,1H3,(H,16,17);(H,6,7). The van der Waals surface area contributed by atoms with Gasteiger partial charge in [-0.15, -0.1) is 0 Å². The van der Waals surface area contributed by atoms with E-state index in [0.717, 1.165) is 12.8 Å². The van der Waals surface area contributed by atoms with Crippen molar-refractivity contribution in [1.82, 2.24) is 5.32 Å². The molecule has 0 heterocycles. The third-order valence-corrected chi connectivity index (χ3v) is 3.91. The molecule has 0 atom stereocenters. The Labute approximate surface area is 137 Å². The number of carboxylic acids is 2. The minimum atomic E-state index is -5.08. The molecular weight excluding hydrogens is 327 g/mol. The fraction of sp³-hybridized carbons (Fsp3) is 0.500. The Bertz CT molecular complexity index is 583. The lowest BCUT2D eigenvalue weighted by atomic mass is 9.70. The number of aliphatic carboxylic acids is 2. The maximum Gasteiger partial charge on any atom is 0.490 e. The van der Waals surface area contributed by atoms with Crippen LogP contribution in [0.25, 0.3) is 0 Å². The first-order valence-electron chi connectivity index (χ1n) is 7.41. The van der Waals surface area contributed by atoms with Crippen molar-refractivity contribution in [2.24, 2.45) is 0 Å². The van der Waals surface area contributed by atoms with Crippen LogP contribution in [0.4, 0.5) is 13.2 Å². The van der Waals surface area contributed by atoms with Crippen molar-refractivity contribution in [3.63, 3.8) is 0 Å². The van der Waals surface area contributed by atoms with Crippen molar-refractivity contribution in [2.75, 3.05) is 6.54 Å². The second kappa shape index (κ2) is 8.14. The molecule has 0 aliphatic heterocycles. The Kier molecular flexibility index (Phi) is 6.77. The molecule has 1 aromatic rings. The molecule has 0 aromatic heterocycles. The molecule has 8 heteroatoms. The maximum atomic E-state index is 10.6. The summed E-state index contributed by atoms with van der Waals surface area (Å²) in [6, 6.07) is 8.38. The van der Waals surface area contributed by atoms with Crippen molar-refractivity contribution in [2.45, 2.75) is 44.3 Å². The predicted molar refractivity (Wildman–Crippen MR) is 80.7 cm³/mol. The van der Waals surface area contributed by atoms with Crippen molar-refractivity contribution in [1.29, 1.82) is 0 Å². The molecule has 1 saturated carbocycles. The van der Waals surface area contributed by atoms with E-state index in [9.17, 15) is 18.0 Å². The summed E-state index contributed by atoms with van der Waals surface area (Å²) >= 11 is 0. The van der Waals surface area contributed by atoms with Gasteiger partial charge in [-0.05, 0) is 37.3 Å². The number of aryl methyl sites for hydroxylation is 1. The molecule has 0 saturated heterocycles. The molecule has 1 fully saturated rings. The molecule has 0 amide bonds. The summed E-state index contributed by atoms with van der Waals surface area (Å²) in [6.07, 6.45) is -1.46. The minimum Gasteiger partial charge on any atom is -0.481 e. The topological polar surface area (TPSA) is 86.6 Å². The Morgan fingerprint density at radius 3 is 2.12 bits per heavy atom. The summed E-state index contributed by atoms with van der Waals surface area (Å²) in [5.74, 6) is -3.50. The number of nitrogens with one attached hydrogen (secondary N) is 1. The van der Waals surface area contributed by atoms with E-state index in [1.165, 1.54) is 17.5 Å². The lowest BCUT2D eigenvalue weighted by Crippen LogP contribution is -2.49. The zero-order chi connectivity index (χ0) is 18.4. The quantitative estimate of drug-likeness (QED) is 0.762. The van der Waals surface area contributed by atoms with Crippen molar-refractivity contribution in [3.8, 4) is 0 Å². The molecule has 0 spiro atoms. The number of carbonyl (C=O) groups is 2. The number of carboxylic acid groups (broad SMARTS) is 2. The van der Waals surface area contributed by atoms with Gasteiger partial charge in [0.25, 0.3) is 0 Å². The van der Waals surface area contributed by atoms with E-state index in [1.807, 2.05) is 6.07 Å². The first kappa shape index (κ1) is 20.0. The van der Waals surface area contributed by atoms with Crippen LogP contribution in [0.15, 0.2) is 24.3 Å². The van der Waals surface area contributed by atoms with Gasteiger partial charge in [-0.3, -0.25) is 4.79 Å². The average molecular weight is 347 g/mol. The number of hydrogen-bond acceptors (Lipinski definition) is 3. The Hall–Kier alpha value is -2.09. The molecule has 134 valence electrons. The van der Waals surface area contributed by atoms with Crippen LogP contribution in [0, 0.1) is 6.92 Å². The average Bonchev–Trinajstić information content (AvgIpc) is 2.42. The lowest BCUT2D eigenvalue weighted by molar-refractivity contribution is -0.192. The first-order chi connectivity index (χ1) is 11.1. The molecular formula is C16H20F3NO4. The maximum absolute atomic E-state index is 10.6. The van der Waals surface area contributed by atoms with Gasteiger partial charge in [-0.25, -0.2) is 4.79 Å². The number of halogens is 3. The van der Waals surface area contributed by atoms with E-state index in [1.54, 1.807) is 0 Å². The Morgan fingerprint density at radius 2 is 1.75 bits per heavy atom. The smallest absolute Gasteiger partial charge is 0.481 e. The van der Waals surface area contributed by atoms with E-state index in [-0.39, 0.29) is 12.0 Å². The number of rotatable bonds is 5. The van der Waals surface area contributed by atoms with Crippen LogP contribution in [0.2, 0.25) is 0 Å². The van der Waals surface area contributed by atoms with Gasteiger partial charge in [0.15, 0.2) is 0 Å². The van der Waals surface area contributed by atoms with Crippen LogP contribution in [-0.4, -0.2) is 34.9 Å². The van der Waals surface area contributed by atoms with Gasteiger partial charge in [0.05, 0.1) is 6.42 Å². The SMILES string of the molecule is Cc1ccccc1C1(NCCC(=O)O)CCC1.O=C(O)C(F)(F)F. The van der Waals surface area contributed by atoms with E-state index in [0.29, 0.717) is 6.54 Å². The third-order valence-electron chi connectivity index (χ3n) is 3.91. The van der Waals surface area contributed by atoms with Gasteiger partial charge in [-0.2, -0.15) is 13.2 Å². The molecule has 3 N–H and O–H groups in total. The summed E-state index contributed by atoms with van der Waals surface area (Å²) in [7, 11) is 0. The predicted octanol–water partition coefficient (Wildman–Crippen LogP) is 3.07. The van der Waals surface area contributed by atoms with Gasteiger partial charge in [-0.1, -0.05) is 24.3 Å². The highest BCUT2D eigenvalue weighted by atomic mass is 19.4. The molecule has 0 unspecified atom stereocenters. The molecule has 1 aliphatic rings. The Balaban J connectivity index is 0.000000351. The van der Waals surface area contributed by atoms with E-state index < -0.39 is 18.1 Å². The third kappa shape index (κ3) is 5.52. The van der Waals surface area contributed by atoms with Gasteiger partial charge >= 0.3 is 18.1 Å². The fourth-order valence-corrected chi connectivity index (χ4v) is 2.59. The van der Waals surface area contributed by atoms with Crippen molar-refractivity contribution < 1.29 is 33.0 Å². The van der Waals surface area contributed by atoms with Gasteiger partial charge in [0.1, 0.15) is 0 Å². The van der Waals surface area contributed by atoms with Crippen LogP contribution in [0.5, 0.6) is 0 Å². The highest BCUT2D eigenvalue weighted by Crippen LogP contribution is 2.42. The van der Waals surface area contributed by atoms with Crippen LogP contribution < -0.4 is 5.32 Å². The van der Waals surface area contributed by atoms with E-state index in [2.05, 4.69) is 30.4 Å². The number of hydrogen-bond donors (Lipinski definition) is 3. The summed E-state index contributed by atoms with van der Waals surface area (Å²) in [6.45, 7) is 2.66. The second-order valence-electron chi connectivity index (χ2n) is 5.62. The summed E-state index contributed by atoms with van der Waals surface area (Å²) in [5, 5.41) is 19.3. The van der Waals surface area contributed by atoms with E-state index in [4.69, 9.17) is 15.0 Å². The molecule has 24 heavy (non-hydrogen) atoms. The Morgan fingerprint density at radius 1 is 1.21 bits per heavy atom. The van der Waals surface area contributed by atoms with Crippen LogP contribution in [-0.2, 0) is 15.1 Å². The largest absolute Gasteiger partial charge is 0.490 e. The van der Waals surface area contributed by atoms with Crippen LogP contribution in [0.3, 0.4) is 0 Å². The summed E-state index contributed by atoms with van der Waals surface area (Å²) < 4.78 is 31.7. The number of benzene rings is 1. The van der Waals surface area contributed by atoms with Crippen molar-refractivity contribution in [3.05, 3.63) is 35.4 Å². The van der Waals surface area contributed by atoms with Gasteiger partial charge in [0, 0.05) is 12.1 Å². The van der Waals surface area contributed by atoms with Gasteiger partial charge in [0.2, 0.25) is 0 Å². The second-order valence-corrected chi connectivity index (χ2v) is 5.62. The summed E-state index contributed by atoms with van der Waals surface area (Å²) in [5.41, 5.74) is 2.65. The normalized spacial score (nSPS) is 15.7. The fourth-order valence-electron chi connectivity index (χ4n) is 2.59. The molecule has 1 aromatic carbocycles. The molecule has 5 nitrogen and oxygen atoms in total. The highest BCUT2D eigenvalue weighted by molar-refractivity contribution is 5.73. The van der Waals surface area contributed by atoms with Gasteiger partial charge < -0.3 is 15.5 Å². The zero-order valence-corrected chi connectivity index (χ0v) is 13.2. The lowest BCUT2D eigenvalue weighted by Gasteiger charge is -2.44. The monoisotopic (exact) mass is 347 g/mol. The van der Waals surface area contributed by atoms with Crippen LogP contribution in [0.1, 0.15) is 36.8 Å². The van der Waals surface area contributed by atoms with E-state index >= 15 is 0 Å². The minimum absolute atomic E-state index is 0.0286. The zero-order valence-electron chi connectivity index (χ0n) is 13.2. The van der Waals surface area contributed by atoms with Crippen molar-refractivity contribution >= 4 is 11.9 Å². The van der Waals surface area contributed by atoms with Crippen LogP contribution >= 0.6 is 0 Å². The molecule has 1 aliphatic carbocycles. The highest BCUT2D eigenvalue weighted by Gasteiger charge is 2.39. The molecule has 2 rings (SSSR count). The summed E-state index contributed by atoms with van der Waals surface area (Å²) in [4.78, 5) is 19.5. The molecule has 0 radical (unpaired) electrons. The molecule has 0 bridgehead atoms. The first-order valence-corrected chi connectivity index (χ1v) is 7.41. The number of alkyl halides is 3.